The molecule has 3 unspecified atom stereocenters. The van der Waals surface area contributed by atoms with Gasteiger partial charge in [-0.05, 0) is 26.3 Å². The molecule has 1 rings (SSSR count). The Morgan fingerprint density at radius 1 is 1.24 bits per heavy atom. The molecule has 0 heterocycles. The van der Waals surface area contributed by atoms with E-state index < -0.39 is 11.9 Å². The monoisotopic (exact) mass is 241 g/mol. The molecule has 3 N–H and O–H groups in total. The fourth-order valence-electron chi connectivity index (χ4n) is 1.76. The minimum Gasteiger partial charge on any atom is -0.393 e. The van der Waals surface area contributed by atoms with Crippen molar-refractivity contribution in [3.8, 4) is 0 Å². The summed E-state index contributed by atoms with van der Waals surface area (Å²) in [5.74, 6) is -0.398. The quantitative estimate of drug-likeness (QED) is 0.709. The second-order valence-corrected chi connectivity index (χ2v) is 4.43. The van der Waals surface area contributed by atoms with Gasteiger partial charge in [-0.25, -0.2) is 4.39 Å². The Morgan fingerprint density at radius 2 is 1.88 bits per heavy atom. The van der Waals surface area contributed by atoms with Crippen LogP contribution in [0.15, 0.2) is 24.3 Å². The molecular weight excluding hydrogens is 221 g/mol. The summed E-state index contributed by atoms with van der Waals surface area (Å²) in [7, 11) is 0. The summed E-state index contributed by atoms with van der Waals surface area (Å²) in [6.07, 6.45) is -0.653. The summed E-state index contributed by atoms with van der Waals surface area (Å²) in [6, 6.07) is 6.27. The number of rotatable bonds is 6. The Kier molecular flexibility index (Phi) is 5.55. The molecule has 17 heavy (non-hydrogen) atoms. The van der Waals surface area contributed by atoms with Crippen molar-refractivity contribution in [3.05, 3.63) is 35.6 Å². The van der Waals surface area contributed by atoms with Gasteiger partial charge in [-0.1, -0.05) is 18.2 Å². The maximum absolute atomic E-state index is 13.3. The molecule has 3 nitrogen and oxygen atoms in total. The van der Waals surface area contributed by atoms with Crippen molar-refractivity contribution in [1.29, 1.82) is 0 Å². The average molecular weight is 241 g/mol. The highest BCUT2D eigenvalue weighted by Gasteiger charge is 2.13. The third kappa shape index (κ3) is 4.81. The number of aliphatic hydroxyl groups is 2. The van der Waals surface area contributed by atoms with Crippen LogP contribution in [0.1, 0.15) is 31.9 Å². The second kappa shape index (κ2) is 6.69. The fourth-order valence-corrected chi connectivity index (χ4v) is 1.76. The first-order chi connectivity index (χ1) is 8.00. The Bertz CT molecular complexity index is 344. The van der Waals surface area contributed by atoms with Crippen LogP contribution in [0.2, 0.25) is 0 Å². The van der Waals surface area contributed by atoms with Crippen molar-refractivity contribution in [2.24, 2.45) is 0 Å². The first-order valence-electron chi connectivity index (χ1n) is 5.84. The standard InChI is InChI=1S/C13H20FNO2/c1-9(7-10(2)16)15-8-13(17)11-5-3-4-6-12(11)14/h3-6,9-10,13,15-17H,7-8H2,1-2H3. The van der Waals surface area contributed by atoms with Gasteiger partial charge in [-0.3, -0.25) is 0 Å². The van der Waals surface area contributed by atoms with Gasteiger partial charge >= 0.3 is 0 Å². The molecule has 0 fully saturated rings. The van der Waals surface area contributed by atoms with Crippen molar-refractivity contribution < 1.29 is 14.6 Å². The van der Waals surface area contributed by atoms with Crippen LogP contribution in [0.4, 0.5) is 4.39 Å². The molecule has 0 aliphatic heterocycles. The maximum atomic E-state index is 13.3. The zero-order valence-electron chi connectivity index (χ0n) is 10.2. The van der Waals surface area contributed by atoms with Gasteiger partial charge in [0, 0.05) is 18.2 Å². The van der Waals surface area contributed by atoms with Crippen LogP contribution in [0.3, 0.4) is 0 Å². The molecule has 3 atom stereocenters. The largest absolute Gasteiger partial charge is 0.393 e. The van der Waals surface area contributed by atoms with Crippen molar-refractivity contribution >= 4 is 0 Å². The van der Waals surface area contributed by atoms with Crippen LogP contribution < -0.4 is 5.32 Å². The van der Waals surface area contributed by atoms with Gasteiger partial charge in [-0.2, -0.15) is 0 Å². The lowest BCUT2D eigenvalue weighted by Gasteiger charge is -2.18. The molecule has 1 aromatic rings. The Hall–Kier alpha value is -0.970. The van der Waals surface area contributed by atoms with Crippen molar-refractivity contribution in [2.75, 3.05) is 6.54 Å². The Morgan fingerprint density at radius 3 is 2.47 bits per heavy atom. The van der Waals surface area contributed by atoms with Crippen LogP contribution in [0, 0.1) is 5.82 Å². The zero-order valence-corrected chi connectivity index (χ0v) is 10.2. The highest BCUT2D eigenvalue weighted by atomic mass is 19.1. The van der Waals surface area contributed by atoms with Crippen LogP contribution in [0.25, 0.3) is 0 Å². The summed E-state index contributed by atoms with van der Waals surface area (Å²) >= 11 is 0. The van der Waals surface area contributed by atoms with E-state index in [0.717, 1.165) is 0 Å². The molecule has 0 bridgehead atoms. The van der Waals surface area contributed by atoms with Gasteiger partial charge in [0.2, 0.25) is 0 Å². The maximum Gasteiger partial charge on any atom is 0.129 e. The van der Waals surface area contributed by atoms with Crippen LogP contribution in [0.5, 0.6) is 0 Å². The lowest BCUT2D eigenvalue weighted by Crippen LogP contribution is -2.32. The number of aliphatic hydroxyl groups excluding tert-OH is 2. The van der Waals surface area contributed by atoms with Crippen molar-refractivity contribution in [3.63, 3.8) is 0 Å². The first-order valence-corrected chi connectivity index (χ1v) is 5.84. The van der Waals surface area contributed by atoms with Crippen LogP contribution >= 0.6 is 0 Å². The molecule has 96 valence electrons. The van der Waals surface area contributed by atoms with E-state index in [0.29, 0.717) is 12.0 Å². The van der Waals surface area contributed by atoms with Gasteiger partial charge in [-0.15, -0.1) is 0 Å². The predicted octanol–water partition coefficient (Wildman–Crippen LogP) is 1.61. The molecule has 0 amide bonds. The number of hydrogen-bond donors (Lipinski definition) is 3. The zero-order chi connectivity index (χ0) is 12.8. The molecule has 0 radical (unpaired) electrons. The number of halogens is 1. The summed E-state index contributed by atoms with van der Waals surface area (Å²) < 4.78 is 13.3. The summed E-state index contributed by atoms with van der Waals surface area (Å²) in [6.45, 7) is 3.90. The van der Waals surface area contributed by atoms with Crippen LogP contribution in [-0.2, 0) is 0 Å². The third-order valence-electron chi connectivity index (χ3n) is 2.62. The van der Waals surface area contributed by atoms with E-state index in [2.05, 4.69) is 5.32 Å². The predicted molar refractivity (Wildman–Crippen MR) is 65.1 cm³/mol. The van der Waals surface area contributed by atoms with E-state index in [1.165, 1.54) is 6.07 Å². The van der Waals surface area contributed by atoms with Crippen molar-refractivity contribution in [2.45, 2.75) is 38.5 Å². The van der Waals surface area contributed by atoms with Crippen molar-refractivity contribution in [1.82, 2.24) is 5.32 Å². The normalized spacial score (nSPS) is 16.5. The molecule has 0 aromatic heterocycles. The minimum absolute atomic E-state index is 0.0800. The number of benzene rings is 1. The Balaban J connectivity index is 2.45. The Labute approximate surface area is 101 Å². The molecule has 4 heteroatoms. The van der Waals surface area contributed by atoms with Gasteiger partial charge in [0.25, 0.3) is 0 Å². The highest BCUT2D eigenvalue weighted by molar-refractivity contribution is 5.19. The molecule has 0 saturated carbocycles. The van der Waals surface area contributed by atoms with E-state index in [1.54, 1.807) is 25.1 Å². The molecule has 1 aromatic carbocycles. The minimum atomic E-state index is -0.868. The average Bonchev–Trinajstić information content (AvgIpc) is 2.25. The fraction of sp³-hybridized carbons (Fsp3) is 0.538. The van der Waals surface area contributed by atoms with Crippen LogP contribution in [-0.4, -0.2) is 28.9 Å². The van der Waals surface area contributed by atoms with E-state index in [-0.39, 0.29) is 18.7 Å². The number of hydrogen-bond acceptors (Lipinski definition) is 3. The second-order valence-electron chi connectivity index (χ2n) is 4.43. The lowest BCUT2D eigenvalue weighted by atomic mass is 10.1. The first kappa shape index (κ1) is 14.1. The molecule has 0 aliphatic rings. The van der Waals surface area contributed by atoms with Gasteiger partial charge in [0.05, 0.1) is 12.2 Å². The lowest BCUT2D eigenvalue weighted by molar-refractivity contribution is 0.147. The van der Waals surface area contributed by atoms with E-state index >= 15 is 0 Å². The summed E-state index contributed by atoms with van der Waals surface area (Å²) in [4.78, 5) is 0. The SMILES string of the molecule is CC(O)CC(C)NCC(O)c1ccccc1F. The van der Waals surface area contributed by atoms with Gasteiger partial charge < -0.3 is 15.5 Å². The van der Waals surface area contributed by atoms with Gasteiger partial charge in [0.1, 0.15) is 5.82 Å². The smallest absolute Gasteiger partial charge is 0.129 e. The summed E-state index contributed by atoms with van der Waals surface area (Å²) in [5, 5.41) is 22.1. The number of nitrogens with one attached hydrogen (secondary N) is 1. The molecular formula is C13H20FNO2. The molecule has 0 spiro atoms. The topological polar surface area (TPSA) is 52.5 Å². The summed E-state index contributed by atoms with van der Waals surface area (Å²) in [5.41, 5.74) is 0.296. The van der Waals surface area contributed by atoms with E-state index in [4.69, 9.17) is 0 Å². The van der Waals surface area contributed by atoms with E-state index in [1.807, 2.05) is 6.92 Å². The third-order valence-corrected chi connectivity index (χ3v) is 2.62. The van der Waals surface area contributed by atoms with E-state index in [9.17, 15) is 14.6 Å². The van der Waals surface area contributed by atoms with Gasteiger partial charge in [0.15, 0.2) is 0 Å². The molecule has 0 saturated heterocycles. The highest BCUT2D eigenvalue weighted by Crippen LogP contribution is 2.15. The molecule has 0 aliphatic carbocycles.